The average molecular weight is 307 g/mol. The van der Waals surface area contributed by atoms with Crippen molar-refractivity contribution in [2.45, 2.75) is 4.83 Å². The molecule has 0 aliphatic rings. The summed E-state index contributed by atoms with van der Waals surface area (Å²) in [6, 6.07) is 0. The second kappa shape index (κ2) is 4.45. The Morgan fingerprint density at radius 3 is 2.71 bits per heavy atom. The van der Waals surface area contributed by atoms with Crippen molar-refractivity contribution in [1.82, 2.24) is 15.5 Å². The van der Waals surface area contributed by atoms with Crippen LogP contribution < -0.4 is 5.32 Å². The van der Waals surface area contributed by atoms with E-state index in [1.54, 1.807) is 0 Å². The minimum atomic E-state index is -3.13. The zero-order chi connectivity index (χ0) is 10.8. The van der Waals surface area contributed by atoms with Gasteiger partial charge in [-0.15, -0.1) is 10.2 Å². The predicted molar refractivity (Wildman–Crippen MR) is 51.1 cm³/mol. The Bertz CT molecular complexity index is 342. The van der Waals surface area contributed by atoms with Gasteiger partial charge in [0.05, 0.1) is 6.54 Å². The number of hydrogen-bond donors (Lipinski definition) is 1. The third-order valence-corrected chi connectivity index (χ3v) is 2.34. The average Bonchev–Trinajstić information content (AvgIpc) is 2.46. The molecule has 1 amide bonds. The Hall–Kier alpha value is -0.340. The lowest BCUT2D eigenvalue weighted by Gasteiger charge is -2.07. The lowest BCUT2D eigenvalue weighted by atomic mass is 10.6. The van der Waals surface area contributed by atoms with Gasteiger partial charge in [0.2, 0.25) is 9.47 Å². The molecule has 0 atom stereocenters. The topological polar surface area (TPSA) is 54.9 Å². The van der Waals surface area contributed by atoms with E-state index in [-0.39, 0.29) is 9.47 Å². The highest BCUT2D eigenvalue weighted by molar-refractivity contribution is 9.10. The molecule has 1 rings (SSSR count). The van der Waals surface area contributed by atoms with E-state index in [1.165, 1.54) is 0 Å². The molecule has 0 saturated heterocycles. The van der Waals surface area contributed by atoms with Gasteiger partial charge in [-0.05, 0) is 27.5 Å². The van der Waals surface area contributed by atoms with Crippen LogP contribution in [0.1, 0.15) is 9.80 Å². The monoisotopic (exact) mass is 305 g/mol. The summed E-state index contributed by atoms with van der Waals surface area (Å²) in [7, 11) is 0. The van der Waals surface area contributed by atoms with Crippen molar-refractivity contribution < 1.29 is 13.6 Å². The molecule has 0 aliphatic heterocycles. The summed E-state index contributed by atoms with van der Waals surface area (Å²) in [4.78, 5) is 7.96. The minimum absolute atomic E-state index is 0.0493. The van der Waals surface area contributed by atoms with E-state index in [1.807, 2.05) is 5.32 Å². The summed E-state index contributed by atoms with van der Waals surface area (Å²) in [6.07, 6.45) is 0. The third kappa shape index (κ3) is 3.81. The van der Waals surface area contributed by atoms with Crippen molar-refractivity contribution in [3.05, 3.63) is 9.47 Å². The highest BCUT2D eigenvalue weighted by atomic mass is 79.9. The number of nitrogens with one attached hydrogen (secondary N) is 1. The van der Waals surface area contributed by atoms with Crippen LogP contribution in [0.3, 0.4) is 0 Å². The van der Waals surface area contributed by atoms with Crippen LogP contribution in [0.25, 0.3) is 0 Å². The number of halogens is 4. The fourth-order valence-electron chi connectivity index (χ4n) is 0.553. The number of rotatable bonds is 3. The molecule has 0 radical (unpaired) electrons. The SMILES string of the molecule is O=C(NCC(F)(F)Br)c1nnc(Cl)s1. The fourth-order valence-corrected chi connectivity index (χ4v) is 1.44. The Morgan fingerprint density at radius 2 is 2.29 bits per heavy atom. The molecule has 0 unspecified atom stereocenters. The van der Waals surface area contributed by atoms with Crippen LogP contribution in [0.15, 0.2) is 0 Å². The molecule has 1 aromatic heterocycles. The number of amides is 1. The van der Waals surface area contributed by atoms with Crippen LogP contribution in [-0.2, 0) is 0 Å². The van der Waals surface area contributed by atoms with E-state index in [2.05, 4.69) is 26.1 Å². The van der Waals surface area contributed by atoms with Gasteiger partial charge in [0.15, 0.2) is 0 Å². The zero-order valence-electron chi connectivity index (χ0n) is 6.43. The van der Waals surface area contributed by atoms with Crippen molar-refractivity contribution in [3.63, 3.8) is 0 Å². The summed E-state index contributed by atoms with van der Waals surface area (Å²) in [5.41, 5.74) is 0. The molecule has 9 heteroatoms. The van der Waals surface area contributed by atoms with E-state index < -0.39 is 17.3 Å². The first-order valence-electron chi connectivity index (χ1n) is 3.22. The van der Waals surface area contributed by atoms with Gasteiger partial charge in [-0.1, -0.05) is 11.3 Å². The molecule has 4 nitrogen and oxygen atoms in total. The number of carbonyl (C=O) groups excluding carboxylic acids is 1. The molecular formula is C5H3BrClF2N3OS. The summed E-state index contributed by atoms with van der Waals surface area (Å²) >= 11 is 8.30. The highest BCUT2D eigenvalue weighted by Gasteiger charge is 2.25. The minimum Gasteiger partial charge on any atom is -0.343 e. The summed E-state index contributed by atoms with van der Waals surface area (Å²) < 4.78 is 24.6. The normalized spacial score (nSPS) is 11.4. The Balaban J connectivity index is 2.52. The molecule has 0 saturated carbocycles. The van der Waals surface area contributed by atoms with Gasteiger partial charge in [0.1, 0.15) is 0 Å². The van der Waals surface area contributed by atoms with Crippen molar-refractivity contribution in [2.24, 2.45) is 0 Å². The van der Waals surface area contributed by atoms with E-state index in [0.717, 1.165) is 11.3 Å². The van der Waals surface area contributed by atoms with E-state index in [9.17, 15) is 13.6 Å². The Morgan fingerprint density at radius 1 is 1.64 bits per heavy atom. The van der Waals surface area contributed by atoms with Crippen LogP contribution in [0.2, 0.25) is 4.47 Å². The standard InChI is InChI=1S/C5H3BrClF2N3OS/c6-5(8,9)1-10-2(13)3-11-12-4(7)14-3/h1H2,(H,10,13). The second-order valence-electron chi connectivity index (χ2n) is 2.16. The summed E-state index contributed by atoms with van der Waals surface area (Å²) in [6.45, 7) is -0.816. The summed E-state index contributed by atoms with van der Waals surface area (Å²) in [5, 5.41) is 8.65. The van der Waals surface area contributed by atoms with E-state index in [4.69, 9.17) is 11.6 Å². The van der Waals surface area contributed by atoms with Crippen LogP contribution in [0.4, 0.5) is 8.78 Å². The first kappa shape index (κ1) is 11.7. The molecule has 1 heterocycles. The second-order valence-corrected chi connectivity index (χ2v) is 4.88. The molecule has 0 fully saturated rings. The van der Waals surface area contributed by atoms with Crippen LogP contribution in [-0.4, -0.2) is 27.5 Å². The number of carbonyl (C=O) groups is 1. The Labute approximate surface area is 94.8 Å². The van der Waals surface area contributed by atoms with Crippen LogP contribution >= 0.6 is 38.9 Å². The molecule has 14 heavy (non-hydrogen) atoms. The Kier molecular flexibility index (Phi) is 3.73. The number of alkyl halides is 3. The molecule has 1 aromatic rings. The van der Waals surface area contributed by atoms with E-state index >= 15 is 0 Å². The smallest absolute Gasteiger partial charge is 0.318 e. The van der Waals surface area contributed by atoms with Gasteiger partial charge < -0.3 is 5.32 Å². The first-order chi connectivity index (χ1) is 6.38. The number of nitrogens with zero attached hydrogens (tertiary/aromatic N) is 2. The van der Waals surface area contributed by atoms with Gasteiger partial charge >= 0.3 is 4.83 Å². The van der Waals surface area contributed by atoms with Gasteiger partial charge in [-0.3, -0.25) is 4.79 Å². The maximum Gasteiger partial charge on any atom is 0.318 e. The van der Waals surface area contributed by atoms with Gasteiger partial charge in [-0.25, -0.2) is 0 Å². The van der Waals surface area contributed by atoms with Gasteiger partial charge in [-0.2, -0.15) is 8.78 Å². The number of aromatic nitrogens is 2. The first-order valence-corrected chi connectivity index (χ1v) is 5.21. The quantitative estimate of drug-likeness (QED) is 0.868. The maximum absolute atomic E-state index is 12.2. The molecule has 0 bridgehead atoms. The zero-order valence-corrected chi connectivity index (χ0v) is 9.59. The van der Waals surface area contributed by atoms with Crippen LogP contribution in [0.5, 0.6) is 0 Å². The third-order valence-electron chi connectivity index (χ3n) is 1.04. The van der Waals surface area contributed by atoms with Crippen molar-refractivity contribution in [2.75, 3.05) is 6.54 Å². The predicted octanol–water partition coefficient (Wildman–Crippen LogP) is 1.91. The van der Waals surface area contributed by atoms with Crippen molar-refractivity contribution >= 4 is 44.8 Å². The van der Waals surface area contributed by atoms with Gasteiger partial charge in [0, 0.05) is 0 Å². The lowest BCUT2D eigenvalue weighted by molar-refractivity contribution is 0.0834. The molecular weight excluding hydrogens is 303 g/mol. The summed E-state index contributed by atoms with van der Waals surface area (Å²) in [5.74, 6) is -0.728. The molecule has 0 aliphatic carbocycles. The maximum atomic E-state index is 12.2. The van der Waals surface area contributed by atoms with Crippen molar-refractivity contribution in [3.8, 4) is 0 Å². The molecule has 0 aromatic carbocycles. The highest BCUT2D eigenvalue weighted by Crippen LogP contribution is 2.20. The fraction of sp³-hybridized carbons (Fsp3) is 0.400. The number of hydrogen-bond acceptors (Lipinski definition) is 4. The lowest BCUT2D eigenvalue weighted by Crippen LogP contribution is -2.32. The molecule has 1 N–H and O–H groups in total. The molecule has 78 valence electrons. The van der Waals surface area contributed by atoms with Crippen molar-refractivity contribution in [1.29, 1.82) is 0 Å². The van der Waals surface area contributed by atoms with E-state index in [0.29, 0.717) is 0 Å². The van der Waals surface area contributed by atoms with Crippen LogP contribution in [0, 0.1) is 0 Å². The largest absolute Gasteiger partial charge is 0.343 e. The molecule has 0 spiro atoms. The van der Waals surface area contributed by atoms with Gasteiger partial charge in [0.25, 0.3) is 5.91 Å².